The quantitative estimate of drug-likeness (QED) is 0.655. The highest BCUT2D eigenvalue weighted by Crippen LogP contribution is 2.18. The number of pyridine rings is 1. The van der Waals surface area contributed by atoms with Crippen LogP contribution >= 0.6 is 0 Å². The highest BCUT2D eigenvalue weighted by molar-refractivity contribution is 5.57. The van der Waals surface area contributed by atoms with Crippen molar-refractivity contribution >= 4 is 6.08 Å². The van der Waals surface area contributed by atoms with Crippen LogP contribution in [0.3, 0.4) is 0 Å². The molecule has 3 rings (SSSR count). The van der Waals surface area contributed by atoms with Gasteiger partial charge in [-0.3, -0.25) is 9.88 Å². The third-order valence-corrected chi connectivity index (χ3v) is 3.80. The lowest BCUT2D eigenvalue weighted by atomic mass is 10.2. The SMILES string of the molecule is COc1ccc(/C=C/CN(C)Cc2cc(-c3ccncc3)no2)cc1. The van der Waals surface area contributed by atoms with E-state index >= 15 is 0 Å². The van der Waals surface area contributed by atoms with Crippen LogP contribution in [0.2, 0.25) is 0 Å². The first-order valence-corrected chi connectivity index (χ1v) is 8.10. The fourth-order valence-electron chi connectivity index (χ4n) is 2.46. The fourth-order valence-corrected chi connectivity index (χ4v) is 2.46. The topological polar surface area (TPSA) is 51.4 Å². The van der Waals surface area contributed by atoms with Crippen LogP contribution in [0.15, 0.2) is 65.5 Å². The summed E-state index contributed by atoms with van der Waals surface area (Å²) in [4.78, 5) is 6.18. The Balaban J connectivity index is 1.53. The Bertz CT molecular complexity index is 810. The standard InChI is InChI=1S/C20H21N3O2/c1-23(13-3-4-16-5-7-18(24-2)8-6-16)15-19-14-20(22-25-19)17-9-11-21-12-10-17/h3-12,14H,13,15H2,1-2H3/b4-3+. The predicted octanol–water partition coefficient (Wildman–Crippen LogP) is 3.89. The number of hydrogen-bond donors (Lipinski definition) is 0. The molecule has 5 nitrogen and oxygen atoms in total. The molecule has 0 aliphatic heterocycles. The van der Waals surface area contributed by atoms with E-state index in [0.29, 0.717) is 6.54 Å². The molecule has 0 N–H and O–H groups in total. The summed E-state index contributed by atoms with van der Waals surface area (Å²) < 4.78 is 10.6. The predicted molar refractivity (Wildman–Crippen MR) is 98.1 cm³/mol. The molecule has 0 spiro atoms. The first kappa shape index (κ1) is 16.9. The van der Waals surface area contributed by atoms with Gasteiger partial charge in [-0.1, -0.05) is 29.4 Å². The molecule has 0 bridgehead atoms. The van der Waals surface area contributed by atoms with Gasteiger partial charge in [0.1, 0.15) is 11.4 Å². The molecule has 2 aromatic heterocycles. The van der Waals surface area contributed by atoms with Gasteiger partial charge in [-0.15, -0.1) is 0 Å². The van der Waals surface area contributed by atoms with Crippen molar-refractivity contribution in [3.05, 3.63) is 72.3 Å². The first-order chi connectivity index (χ1) is 12.2. The zero-order valence-electron chi connectivity index (χ0n) is 14.4. The van der Waals surface area contributed by atoms with Gasteiger partial charge in [0.05, 0.1) is 13.7 Å². The molecule has 0 fully saturated rings. The largest absolute Gasteiger partial charge is 0.497 e. The Morgan fingerprint density at radius 3 is 2.60 bits per heavy atom. The second-order valence-electron chi connectivity index (χ2n) is 5.79. The van der Waals surface area contributed by atoms with Gasteiger partial charge in [-0.2, -0.15) is 0 Å². The van der Waals surface area contributed by atoms with Gasteiger partial charge in [0.15, 0.2) is 5.76 Å². The molecule has 0 atom stereocenters. The van der Waals surface area contributed by atoms with E-state index < -0.39 is 0 Å². The molecular formula is C20H21N3O2. The normalized spacial score (nSPS) is 11.3. The van der Waals surface area contributed by atoms with Crippen molar-refractivity contribution in [3.8, 4) is 17.0 Å². The van der Waals surface area contributed by atoms with E-state index in [1.807, 2.05) is 49.5 Å². The number of nitrogens with zero attached hydrogens (tertiary/aromatic N) is 3. The summed E-state index contributed by atoms with van der Waals surface area (Å²) in [5.41, 5.74) is 2.99. The van der Waals surface area contributed by atoms with E-state index in [4.69, 9.17) is 9.26 Å². The molecule has 5 heteroatoms. The summed E-state index contributed by atoms with van der Waals surface area (Å²) in [6, 6.07) is 13.8. The molecule has 2 heterocycles. The Hall–Kier alpha value is -2.92. The number of benzene rings is 1. The molecule has 0 saturated heterocycles. The average Bonchev–Trinajstić information content (AvgIpc) is 3.11. The molecule has 1 aromatic carbocycles. The first-order valence-electron chi connectivity index (χ1n) is 8.10. The Labute approximate surface area is 147 Å². The van der Waals surface area contributed by atoms with Gasteiger partial charge in [-0.05, 0) is 36.9 Å². The molecule has 0 aliphatic rings. The molecule has 0 unspecified atom stereocenters. The zero-order valence-corrected chi connectivity index (χ0v) is 14.4. The zero-order chi connectivity index (χ0) is 17.5. The number of likely N-dealkylation sites (N-methyl/N-ethyl adjacent to an activating group) is 1. The van der Waals surface area contributed by atoms with E-state index in [1.165, 1.54) is 0 Å². The average molecular weight is 335 g/mol. The van der Waals surface area contributed by atoms with E-state index in [-0.39, 0.29) is 0 Å². The summed E-state index contributed by atoms with van der Waals surface area (Å²) in [5, 5.41) is 4.12. The third kappa shape index (κ3) is 4.78. The van der Waals surface area contributed by atoms with Gasteiger partial charge < -0.3 is 9.26 Å². The molecule has 3 aromatic rings. The summed E-state index contributed by atoms with van der Waals surface area (Å²) in [6.07, 6.45) is 7.72. The van der Waals surface area contributed by atoms with E-state index in [1.54, 1.807) is 19.5 Å². The number of hydrogen-bond acceptors (Lipinski definition) is 5. The summed E-state index contributed by atoms with van der Waals surface area (Å²) >= 11 is 0. The minimum atomic E-state index is 0.699. The van der Waals surface area contributed by atoms with Gasteiger partial charge in [-0.25, -0.2) is 0 Å². The van der Waals surface area contributed by atoms with Crippen molar-refractivity contribution in [2.24, 2.45) is 0 Å². The van der Waals surface area contributed by atoms with E-state index in [9.17, 15) is 0 Å². The van der Waals surface area contributed by atoms with Crippen LogP contribution in [-0.2, 0) is 6.54 Å². The molecular weight excluding hydrogens is 314 g/mol. The lowest BCUT2D eigenvalue weighted by Gasteiger charge is -2.11. The van der Waals surface area contributed by atoms with Crippen molar-refractivity contribution in [2.75, 3.05) is 20.7 Å². The van der Waals surface area contributed by atoms with E-state index in [0.717, 1.165) is 34.9 Å². The molecule has 0 saturated carbocycles. The van der Waals surface area contributed by atoms with Gasteiger partial charge in [0, 0.05) is 30.6 Å². The highest BCUT2D eigenvalue weighted by atomic mass is 16.5. The van der Waals surface area contributed by atoms with Gasteiger partial charge in [0.2, 0.25) is 0 Å². The lowest BCUT2D eigenvalue weighted by Crippen LogP contribution is -2.17. The summed E-state index contributed by atoms with van der Waals surface area (Å²) in [5.74, 6) is 1.71. The number of methoxy groups -OCH3 is 1. The highest BCUT2D eigenvalue weighted by Gasteiger charge is 2.08. The second-order valence-corrected chi connectivity index (χ2v) is 5.79. The van der Waals surface area contributed by atoms with Crippen molar-refractivity contribution in [1.29, 1.82) is 0 Å². The second kappa shape index (κ2) is 8.26. The number of rotatable bonds is 7. The maximum Gasteiger partial charge on any atom is 0.151 e. The third-order valence-electron chi connectivity index (χ3n) is 3.80. The molecule has 0 amide bonds. The molecule has 128 valence electrons. The van der Waals surface area contributed by atoms with Crippen molar-refractivity contribution in [1.82, 2.24) is 15.0 Å². The monoisotopic (exact) mass is 335 g/mol. The smallest absolute Gasteiger partial charge is 0.151 e. The van der Waals surface area contributed by atoms with Crippen molar-refractivity contribution in [3.63, 3.8) is 0 Å². The lowest BCUT2D eigenvalue weighted by molar-refractivity contribution is 0.293. The maximum absolute atomic E-state index is 5.43. The van der Waals surface area contributed by atoms with Crippen LogP contribution in [0, 0.1) is 0 Å². The summed E-state index contributed by atoms with van der Waals surface area (Å²) in [7, 11) is 3.72. The summed E-state index contributed by atoms with van der Waals surface area (Å²) in [6.45, 7) is 1.52. The minimum absolute atomic E-state index is 0.699. The molecule has 25 heavy (non-hydrogen) atoms. The maximum atomic E-state index is 5.43. The van der Waals surface area contributed by atoms with Crippen LogP contribution in [0.25, 0.3) is 17.3 Å². The fraction of sp³-hybridized carbons (Fsp3) is 0.200. The van der Waals surface area contributed by atoms with Crippen LogP contribution in [0.4, 0.5) is 0 Å². The van der Waals surface area contributed by atoms with Crippen molar-refractivity contribution < 1.29 is 9.26 Å². The van der Waals surface area contributed by atoms with Crippen LogP contribution in [0.1, 0.15) is 11.3 Å². The van der Waals surface area contributed by atoms with Crippen LogP contribution < -0.4 is 4.74 Å². The van der Waals surface area contributed by atoms with Gasteiger partial charge in [0.25, 0.3) is 0 Å². The number of aromatic nitrogens is 2. The molecule has 0 radical (unpaired) electrons. The Morgan fingerprint density at radius 1 is 1.12 bits per heavy atom. The molecule has 0 aliphatic carbocycles. The Morgan fingerprint density at radius 2 is 1.88 bits per heavy atom. The van der Waals surface area contributed by atoms with Crippen LogP contribution in [-0.4, -0.2) is 35.7 Å². The van der Waals surface area contributed by atoms with Gasteiger partial charge >= 0.3 is 0 Å². The van der Waals surface area contributed by atoms with Crippen molar-refractivity contribution in [2.45, 2.75) is 6.54 Å². The number of ether oxygens (including phenoxy) is 1. The van der Waals surface area contributed by atoms with Crippen LogP contribution in [0.5, 0.6) is 5.75 Å². The Kier molecular flexibility index (Phi) is 5.59. The van der Waals surface area contributed by atoms with E-state index in [2.05, 4.69) is 27.2 Å². The minimum Gasteiger partial charge on any atom is -0.497 e.